The van der Waals surface area contributed by atoms with E-state index in [1.54, 1.807) is 17.0 Å². The molecule has 2 rings (SSSR count). The Hall–Kier alpha value is -0.940. The van der Waals surface area contributed by atoms with Crippen LogP contribution in [-0.2, 0) is 4.74 Å². The van der Waals surface area contributed by atoms with E-state index in [4.69, 9.17) is 4.74 Å². The lowest BCUT2D eigenvalue weighted by molar-refractivity contribution is -0.0371. The number of halogens is 2. The molecule has 0 saturated carbocycles. The fourth-order valence-corrected chi connectivity index (χ4v) is 2.48. The highest BCUT2D eigenvalue weighted by Gasteiger charge is 2.35. The van der Waals surface area contributed by atoms with Gasteiger partial charge in [-0.2, -0.15) is 0 Å². The highest BCUT2D eigenvalue weighted by molar-refractivity contribution is 9.10. The third-order valence-electron chi connectivity index (χ3n) is 3.07. The molecule has 1 heterocycles. The monoisotopic (exact) mass is 315 g/mol. The summed E-state index contributed by atoms with van der Waals surface area (Å²) in [6.45, 7) is 5.41. The zero-order valence-electron chi connectivity index (χ0n) is 10.4. The summed E-state index contributed by atoms with van der Waals surface area (Å²) in [5.74, 6) is -0.596. The number of carbonyl (C=O) groups excluding carboxylic acids is 1. The van der Waals surface area contributed by atoms with Crippen molar-refractivity contribution in [1.82, 2.24) is 4.90 Å². The van der Waals surface area contributed by atoms with E-state index in [-0.39, 0.29) is 15.9 Å². The van der Waals surface area contributed by atoms with E-state index in [2.05, 4.69) is 15.9 Å². The molecule has 1 amide bonds. The van der Waals surface area contributed by atoms with E-state index in [1.165, 1.54) is 6.07 Å². The molecule has 0 radical (unpaired) electrons. The van der Waals surface area contributed by atoms with Gasteiger partial charge in [0.2, 0.25) is 0 Å². The molecule has 3 nitrogen and oxygen atoms in total. The number of ether oxygens (including phenoxy) is 1. The van der Waals surface area contributed by atoms with Gasteiger partial charge in [0.05, 0.1) is 28.8 Å². The lowest BCUT2D eigenvalue weighted by Crippen LogP contribution is -2.55. The van der Waals surface area contributed by atoms with Gasteiger partial charge < -0.3 is 9.64 Å². The van der Waals surface area contributed by atoms with Crippen LogP contribution in [0.3, 0.4) is 0 Å². The first-order valence-electron chi connectivity index (χ1n) is 5.77. The number of hydrogen-bond acceptors (Lipinski definition) is 2. The van der Waals surface area contributed by atoms with Crippen LogP contribution in [0.1, 0.15) is 24.2 Å². The minimum Gasteiger partial charge on any atom is -0.377 e. The van der Waals surface area contributed by atoms with E-state index < -0.39 is 5.82 Å². The Labute approximate surface area is 114 Å². The van der Waals surface area contributed by atoms with Gasteiger partial charge in [0, 0.05) is 6.54 Å². The third kappa shape index (κ3) is 2.42. The number of nitrogens with zero attached hydrogens (tertiary/aromatic N) is 1. The minimum atomic E-state index is -0.424. The molecule has 1 saturated heterocycles. The summed E-state index contributed by atoms with van der Waals surface area (Å²) >= 11 is 3.13. The van der Waals surface area contributed by atoms with Crippen LogP contribution in [0.5, 0.6) is 0 Å². The van der Waals surface area contributed by atoms with Crippen molar-refractivity contribution in [1.29, 1.82) is 0 Å². The summed E-state index contributed by atoms with van der Waals surface area (Å²) in [5, 5.41) is 0. The average molecular weight is 316 g/mol. The summed E-state index contributed by atoms with van der Waals surface area (Å²) < 4.78 is 19.1. The predicted molar refractivity (Wildman–Crippen MR) is 70.0 cm³/mol. The maximum atomic E-state index is 13.5. The predicted octanol–water partition coefficient (Wildman–Crippen LogP) is 2.84. The van der Waals surface area contributed by atoms with Crippen LogP contribution in [0.2, 0.25) is 0 Å². The maximum absolute atomic E-state index is 13.5. The molecule has 18 heavy (non-hydrogen) atoms. The summed E-state index contributed by atoms with van der Waals surface area (Å²) in [7, 11) is 0. The van der Waals surface area contributed by atoms with Crippen molar-refractivity contribution < 1.29 is 13.9 Å². The second kappa shape index (κ2) is 4.97. The molecule has 0 atom stereocenters. The molecule has 0 aliphatic carbocycles. The van der Waals surface area contributed by atoms with Gasteiger partial charge in [-0.05, 0) is 41.9 Å². The molecule has 1 aliphatic heterocycles. The maximum Gasteiger partial charge on any atom is 0.255 e. The van der Waals surface area contributed by atoms with Crippen LogP contribution in [0.25, 0.3) is 0 Å². The lowest BCUT2D eigenvalue weighted by atomic mass is 10.0. The van der Waals surface area contributed by atoms with Crippen LogP contribution >= 0.6 is 15.9 Å². The van der Waals surface area contributed by atoms with Crippen LogP contribution < -0.4 is 0 Å². The van der Waals surface area contributed by atoms with E-state index in [9.17, 15) is 9.18 Å². The Bertz CT molecular complexity index is 476. The highest BCUT2D eigenvalue weighted by Crippen LogP contribution is 2.26. The third-order valence-corrected chi connectivity index (χ3v) is 3.88. The number of rotatable bonds is 1. The van der Waals surface area contributed by atoms with Gasteiger partial charge in [-0.3, -0.25) is 4.79 Å². The van der Waals surface area contributed by atoms with Crippen molar-refractivity contribution in [2.24, 2.45) is 0 Å². The number of carbonyl (C=O) groups is 1. The molecule has 5 heteroatoms. The van der Waals surface area contributed by atoms with Crippen molar-refractivity contribution in [3.63, 3.8) is 0 Å². The van der Waals surface area contributed by atoms with Crippen molar-refractivity contribution in [3.05, 3.63) is 34.1 Å². The fraction of sp³-hybridized carbons (Fsp3) is 0.462. The normalized spacial score (nSPS) is 18.8. The quantitative estimate of drug-likeness (QED) is 0.797. The molecule has 0 unspecified atom stereocenters. The molecule has 1 fully saturated rings. The zero-order chi connectivity index (χ0) is 13.3. The lowest BCUT2D eigenvalue weighted by Gasteiger charge is -2.42. The first-order valence-corrected chi connectivity index (χ1v) is 6.56. The fourth-order valence-electron chi connectivity index (χ4n) is 2.05. The van der Waals surface area contributed by atoms with E-state index in [0.717, 1.165) is 0 Å². The molecule has 0 bridgehead atoms. The number of benzene rings is 1. The molecular weight excluding hydrogens is 301 g/mol. The van der Waals surface area contributed by atoms with Gasteiger partial charge in [-0.1, -0.05) is 6.07 Å². The van der Waals surface area contributed by atoms with E-state index in [1.807, 2.05) is 13.8 Å². The first kappa shape index (κ1) is 13.5. The largest absolute Gasteiger partial charge is 0.377 e. The average Bonchev–Trinajstić information content (AvgIpc) is 2.31. The molecule has 1 aromatic rings. The van der Waals surface area contributed by atoms with Crippen molar-refractivity contribution in [2.75, 3.05) is 19.8 Å². The van der Waals surface area contributed by atoms with Gasteiger partial charge in [0.25, 0.3) is 5.91 Å². The van der Waals surface area contributed by atoms with E-state index >= 15 is 0 Å². The molecule has 98 valence electrons. The van der Waals surface area contributed by atoms with Crippen molar-refractivity contribution in [3.8, 4) is 0 Å². The minimum absolute atomic E-state index is 0.172. The second-order valence-corrected chi connectivity index (χ2v) is 5.72. The molecule has 1 aliphatic rings. The van der Waals surface area contributed by atoms with Crippen LogP contribution in [0.15, 0.2) is 22.7 Å². The zero-order valence-corrected chi connectivity index (χ0v) is 12.0. The van der Waals surface area contributed by atoms with Crippen LogP contribution in [0, 0.1) is 5.82 Å². The van der Waals surface area contributed by atoms with Gasteiger partial charge in [0.1, 0.15) is 5.82 Å². The molecule has 1 aromatic carbocycles. The Kier molecular flexibility index (Phi) is 3.73. The Morgan fingerprint density at radius 3 is 2.89 bits per heavy atom. The topological polar surface area (TPSA) is 29.5 Å². The van der Waals surface area contributed by atoms with Gasteiger partial charge in [-0.25, -0.2) is 4.39 Å². The van der Waals surface area contributed by atoms with E-state index in [0.29, 0.717) is 25.3 Å². The Balaban J connectivity index is 2.33. The smallest absolute Gasteiger partial charge is 0.255 e. The molecule has 0 aromatic heterocycles. The van der Waals surface area contributed by atoms with Gasteiger partial charge in [0.15, 0.2) is 0 Å². The Morgan fingerprint density at radius 2 is 2.22 bits per heavy atom. The summed E-state index contributed by atoms with van der Waals surface area (Å²) in [6.07, 6.45) is 0. The molecular formula is C13H15BrFNO2. The number of amides is 1. The van der Waals surface area contributed by atoms with Crippen LogP contribution in [0.4, 0.5) is 4.39 Å². The Morgan fingerprint density at radius 1 is 1.50 bits per heavy atom. The summed E-state index contributed by atoms with van der Waals surface area (Å²) in [5.41, 5.74) is -0.0221. The van der Waals surface area contributed by atoms with Gasteiger partial charge in [-0.15, -0.1) is 0 Å². The number of morpholine rings is 1. The summed E-state index contributed by atoms with van der Waals surface area (Å²) in [6, 6.07) is 4.49. The van der Waals surface area contributed by atoms with Gasteiger partial charge >= 0.3 is 0 Å². The number of hydrogen-bond donors (Lipinski definition) is 0. The SMILES string of the molecule is CC1(C)COCCN1C(=O)c1cccc(F)c1Br. The van der Waals surface area contributed by atoms with Crippen molar-refractivity contribution >= 4 is 21.8 Å². The first-order chi connectivity index (χ1) is 8.43. The molecule has 0 N–H and O–H groups in total. The summed E-state index contributed by atoms with van der Waals surface area (Å²) in [4.78, 5) is 14.2. The van der Waals surface area contributed by atoms with Crippen molar-refractivity contribution in [2.45, 2.75) is 19.4 Å². The molecule has 0 spiro atoms. The highest BCUT2D eigenvalue weighted by atomic mass is 79.9. The second-order valence-electron chi connectivity index (χ2n) is 4.92. The standard InChI is InChI=1S/C13H15BrFNO2/c1-13(2)8-18-7-6-16(13)12(17)9-4-3-5-10(15)11(9)14/h3-5H,6-8H2,1-2H3. The van der Waals surface area contributed by atoms with Crippen LogP contribution in [-0.4, -0.2) is 36.1 Å².